The second-order valence-corrected chi connectivity index (χ2v) is 4.80. The molecule has 2 aliphatic heterocycles. The van der Waals surface area contributed by atoms with Crippen LogP contribution >= 0.6 is 0 Å². The van der Waals surface area contributed by atoms with Crippen LogP contribution in [0.15, 0.2) is 36.1 Å². The van der Waals surface area contributed by atoms with E-state index in [1.807, 2.05) is 12.2 Å². The Kier molecular flexibility index (Phi) is 2.29. The number of nitrogens with two attached hydrogens (primary N) is 1. The van der Waals surface area contributed by atoms with Crippen molar-refractivity contribution in [2.24, 2.45) is 11.1 Å². The molecule has 2 heterocycles. The number of amides is 2. The zero-order chi connectivity index (χ0) is 12.8. The van der Waals surface area contributed by atoms with Gasteiger partial charge >= 0.3 is 0 Å². The van der Waals surface area contributed by atoms with E-state index < -0.39 is 11.3 Å². The average molecular weight is 246 g/mol. The van der Waals surface area contributed by atoms with Crippen LogP contribution in [0.5, 0.6) is 0 Å². The standard InChI is InChI=1S/C13H14N2O3/c14-12(17)13(4-2-1-3-5-13)7-9-8-15-10(16)6-11(15)18-9/h1-4,7,11H,5-6,8H2,(H2,14,17)/b9-7+. The van der Waals surface area contributed by atoms with E-state index in [1.54, 1.807) is 23.1 Å². The molecule has 2 atom stereocenters. The number of ether oxygens (including phenoxy) is 1. The molecule has 2 unspecified atom stereocenters. The maximum Gasteiger partial charge on any atom is 0.231 e. The lowest BCUT2D eigenvalue weighted by molar-refractivity contribution is -0.154. The molecular weight excluding hydrogens is 232 g/mol. The highest BCUT2D eigenvalue weighted by atomic mass is 16.5. The third-order valence-corrected chi connectivity index (χ3v) is 3.60. The lowest BCUT2D eigenvalue weighted by Crippen LogP contribution is -2.48. The molecule has 3 aliphatic rings. The first-order valence-electron chi connectivity index (χ1n) is 5.93. The molecule has 2 amide bonds. The highest BCUT2D eigenvalue weighted by Gasteiger charge is 2.45. The number of fused-ring (bicyclic) bond motifs is 1. The van der Waals surface area contributed by atoms with Gasteiger partial charge in [0.05, 0.1) is 18.4 Å². The molecule has 0 aromatic rings. The quantitative estimate of drug-likeness (QED) is 0.719. The smallest absolute Gasteiger partial charge is 0.231 e. The predicted molar refractivity (Wildman–Crippen MR) is 63.8 cm³/mol. The van der Waals surface area contributed by atoms with Crippen LogP contribution in [0.3, 0.4) is 0 Å². The first kappa shape index (κ1) is 11.1. The Morgan fingerprint density at radius 2 is 2.39 bits per heavy atom. The second kappa shape index (κ2) is 3.73. The lowest BCUT2D eigenvalue weighted by atomic mass is 9.80. The number of nitrogens with zero attached hydrogens (tertiary/aromatic N) is 1. The molecule has 18 heavy (non-hydrogen) atoms. The SMILES string of the molecule is NC(=O)C1(/C=C2\CN3C(=O)CC3O2)C=CC=CC1. The van der Waals surface area contributed by atoms with E-state index in [2.05, 4.69) is 0 Å². The van der Waals surface area contributed by atoms with Gasteiger partial charge in [-0.25, -0.2) is 0 Å². The third-order valence-electron chi connectivity index (χ3n) is 3.60. The van der Waals surface area contributed by atoms with Crippen molar-refractivity contribution < 1.29 is 14.3 Å². The molecule has 0 aromatic heterocycles. The molecule has 94 valence electrons. The van der Waals surface area contributed by atoms with E-state index >= 15 is 0 Å². The number of rotatable bonds is 2. The van der Waals surface area contributed by atoms with E-state index in [9.17, 15) is 9.59 Å². The van der Waals surface area contributed by atoms with Crippen LogP contribution in [0.4, 0.5) is 0 Å². The molecule has 0 aromatic carbocycles. The number of hydrogen-bond acceptors (Lipinski definition) is 3. The predicted octanol–water partition coefficient (Wildman–Crippen LogP) is 0.447. The Labute approximate surface area is 105 Å². The first-order valence-corrected chi connectivity index (χ1v) is 5.93. The molecule has 2 fully saturated rings. The zero-order valence-corrected chi connectivity index (χ0v) is 9.83. The minimum Gasteiger partial charge on any atom is -0.473 e. The number of carbonyl (C=O) groups is 2. The van der Waals surface area contributed by atoms with Crippen LogP contribution in [0.2, 0.25) is 0 Å². The molecule has 5 heteroatoms. The van der Waals surface area contributed by atoms with Crippen molar-refractivity contribution in [1.29, 1.82) is 0 Å². The molecule has 0 bridgehead atoms. The Hall–Kier alpha value is -2.04. The van der Waals surface area contributed by atoms with Crippen molar-refractivity contribution in [2.75, 3.05) is 6.54 Å². The van der Waals surface area contributed by atoms with Gasteiger partial charge in [-0.1, -0.05) is 24.3 Å². The average Bonchev–Trinajstić information content (AvgIpc) is 2.67. The Bertz CT molecular complexity index is 506. The van der Waals surface area contributed by atoms with Crippen molar-refractivity contribution in [3.05, 3.63) is 36.1 Å². The molecule has 2 saturated heterocycles. The highest BCUT2D eigenvalue weighted by Crippen LogP contribution is 2.36. The van der Waals surface area contributed by atoms with Crippen LogP contribution in [0.1, 0.15) is 12.8 Å². The summed E-state index contributed by atoms with van der Waals surface area (Å²) in [6.45, 7) is 0.441. The van der Waals surface area contributed by atoms with Crippen LogP contribution in [-0.4, -0.2) is 29.5 Å². The summed E-state index contributed by atoms with van der Waals surface area (Å²) in [5, 5.41) is 0. The number of carbonyl (C=O) groups excluding carboxylic acids is 2. The van der Waals surface area contributed by atoms with Gasteiger partial charge in [0.25, 0.3) is 0 Å². The maximum atomic E-state index is 11.7. The fourth-order valence-corrected chi connectivity index (χ4v) is 2.46. The molecule has 3 rings (SSSR count). The minimum atomic E-state index is -0.821. The van der Waals surface area contributed by atoms with Gasteiger partial charge in [-0.3, -0.25) is 14.5 Å². The molecule has 0 saturated carbocycles. The lowest BCUT2D eigenvalue weighted by Gasteiger charge is -2.30. The molecule has 5 nitrogen and oxygen atoms in total. The van der Waals surface area contributed by atoms with Crippen molar-refractivity contribution in [1.82, 2.24) is 4.90 Å². The highest BCUT2D eigenvalue weighted by molar-refractivity contribution is 5.86. The zero-order valence-electron chi connectivity index (χ0n) is 9.83. The van der Waals surface area contributed by atoms with Gasteiger partial charge in [0.2, 0.25) is 11.8 Å². The Balaban J connectivity index is 1.85. The van der Waals surface area contributed by atoms with Gasteiger partial charge in [0.15, 0.2) is 6.23 Å². The summed E-state index contributed by atoms with van der Waals surface area (Å²) in [7, 11) is 0. The normalized spacial score (nSPS) is 35.3. The number of allylic oxidation sites excluding steroid dienone is 3. The van der Waals surface area contributed by atoms with Crippen LogP contribution in [0, 0.1) is 5.41 Å². The first-order chi connectivity index (χ1) is 8.61. The van der Waals surface area contributed by atoms with Gasteiger partial charge < -0.3 is 10.5 Å². The van der Waals surface area contributed by atoms with Gasteiger partial charge in [0, 0.05) is 0 Å². The van der Waals surface area contributed by atoms with E-state index in [0.29, 0.717) is 25.1 Å². The Morgan fingerprint density at radius 3 is 2.94 bits per heavy atom. The fourth-order valence-electron chi connectivity index (χ4n) is 2.46. The fraction of sp³-hybridized carbons (Fsp3) is 0.385. The summed E-state index contributed by atoms with van der Waals surface area (Å²) in [6, 6.07) is 0. The summed E-state index contributed by atoms with van der Waals surface area (Å²) in [5.41, 5.74) is 4.67. The second-order valence-electron chi connectivity index (χ2n) is 4.80. The van der Waals surface area contributed by atoms with Crippen LogP contribution < -0.4 is 5.73 Å². The summed E-state index contributed by atoms with van der Waals surface area (Å²) >= 11 is 0. The van der Waals surface area contributed by atoms with Gasteiger partial charge in [-0.2, -0.15) is 0 Å². The van der Waals surface area contributed by atoms with Crippen LogP contribution in [-0.2, 0) is 14.3 Å². The number of primary amides is 1. The number of β-lactam (4-membered cyclic amide) rings is 1. The molecular formula is C13H14N2O3. The summed E-state index contributed by atoms with van der Waals surface area (Å²) in [5.74, 6) is 0.347. The third kappa shape index (κ3) is 1.54. The van der Waals surface area contributed by atoms with E-state index in [0.717, 1.165) is 0 Å². The Morgan fingerprint density at radius 1 is 1.56 bits per heavy atom. The topological polar surface area (TPSA) is 72.6 Å². The van der Waals surface area contributed by atoms with E-state index in [4.69, 9.17) is 10.5 Å². The molecule has 2 N–H and O–H groups in total. The van der Waals surface area contributed by atoms with Gasteiger partial charge in [-0.05, 0) is 12.5 Å². The van der Waals surface area contributed by atoms with Crippen molar-refractivity contribution in [3.63, 3.8) is 0 Å². The summed E-state index contributed by atoms with van der Waals surface area (Å²) in [4.78, 5) is 24.6. The van der Waals surface area contributed by atoms with E-state index in [1.165, 1.54) is 0 Å². The van der Waals surface area contributed by atoms with E-state index in [-0.39, 0.29) is 12.1 Å². The molecule has 0 radical (unpaired) electrons. The van der Waals surface area contributed by atoms with Crippen molar-refractivity contribution in [3.8, 4) is 0 Å². The largest absolute Gasteiger partial charge is 0.473 e. The maximum absolute atomic E-state index is 11.7. The van der Waals surface area contributed by atoms with Gasteiger partial charge in [0.1, 0.15) is 5.76 Å². The molecule has 1 aliphatic carbocycles. The summed E-state index contributed by atoms with van der Waals surface area (Å²) in [6.07, 6.45) is 9.94. The summed E-state index contributed by atoms with van der Waals surface area (Å²) < 4.78 is 5.61. The van der Waals surface area contributed by atoms with Gasteiger partial charge in [-0.15, -0.1) is 0 Å². The van der Waals surface area contributed by atoms with Crippen molar-refractivity contribution in [2.45, 2.75) is 19.1 Å². The molecule has 0 spiro atoms. The van der Waals surface area contributed by atoms with Crippen molar-refractivity contribution >= 4 is 11.8 Å². The number of hydrogen-bond donors (Lipinski definition) is 1. The monoisotopic (exact) mass is 246 g/mol. The minimum absolute atomic E-state index is 0.0932. The van der Waals surface area contributed by atoms with Crippen LogP contribution in [0.25, 0.3) is 0 Å².